The van der Waals surface area contributed by atoms with Crippen molar-refractivity contribution >= 4 is 11.8 Å². The van der Waals surface area contributed by atoms with Gasteiger partial charge in [0.05, 0.1) is 5.69 Å². The molecule has 0 fully saturated rings. The molecule has 0 aliphatic rings. The molecule has 1 unspecified atom stereocenters. The largest absolute Gasteiger partial charge is 0.214 e. The minimum Gasteiger partial charge on any atom is -0.187 e. The average molecular weight is 296 g/mol. The molecule has 0 aliphatic heterocycles. The van der Waals surface area contributed by atoms with Crippen LogP contribution in [-0.2, 0) is 0 Å². The van der Waals surface area contributed by atoms with E-state index in [1.54, 1.807) is 16.4 Å². The van der Waals surface area contributed by atoms with E-state index in [0.717, 1.165) is 10.8 Å². The average Bonchev–Trinajstić information content (AvgIpc) is 2.97. The van der Waals surface area contributed by atoms with Gasteiger partial charge in [0.1, 0.15) is 0 Å². The number of aromatic nitrogens is 4. The van der Waals surface area contributed by atoms with Crippen molar-refractivity contribution < 1.29 is 0 Å². The van der Waals surface area contributed by atoms with Gasteiger partial charge in [0.2, 0.25) is 5.16 Å². The van der Waals surface area contributed by atoms with Gasteiger partial charge in [0.15, 0.2) is 0 Å². The second-order valence-corrected chi connectivity index (χ2v) is 6.19. The van der Waals surface area contributed by atoms with Crippen LogP contribution in [0.3, 0.4) is 0 Å². The smallest absolute Gasteiger partial charge is 0.187 e. The van der Waals surface area contributed by atoms with E-state index in [1.165, 1.54) is 11.1 Å². The molecule has 0 amide bonds. The minimum absolute atomic E-state index is 0.293. The van der Waals surface area contributed by atoms with Crippen molar-refractivity contribution in [3.05, 3.63) is 65.7 Å². The van der Waals surface area contributed by atoms with E-state index in [0.29, 0.717) is 5.25 Å². The molecule has 2 aromatic carbocycles. The lowest BCUT2D eigenvalue weighted by molar-refractivity contribution is 0.755. The molecule has 1 atom stereocenters. The van der Waals surface area contributed by atoms with Gasteiger partial charge in [-0.15, -0.1) is 5.10 Å². The molecule has 0 aliphatic carbocycles. The van der Waals surface area contributed by atoms with E-state index in [9.17, 15) is 0 Å². The predicted octanol–water partition coefficient (Wildman–Crippen LogP) is 3.82. The summed E-state index contributed by atoms with van der Waals surface area (Å²) < 4.78 is 1.78. The Balaban J connectivity index is 1.84. The van der Waals surface area contributed by atoms with Crippen LogP contribution in [0.5, 0.6) is 0 Å². The second kappa shape index (κ2) is 6.10. The normalized spacial score (nSPS) is 12.3. The van der Waals surface area contributed by atoms with Crippen molar-refractivity contribution in [2.75, 3.05) is 0 Å². The van der Waals surface area contributed by atoms with Crippen LogP contribution in [0.15, 0.2) is 59.8 Å². The number of nitrogens with zero attached hydrogens (tertiary/aromatic N) is 4. The van der Waals surface area contributed by atoms with Gasteiger partial charge < -0.3 is 0 Å². The van der Waals surface area contributed by atoms with Gasteiger partial charge >= 0.3 is 0 Å². The van der Waals surface area contributed by atoms with Crippen molar-refractivity contribution in [1.29, 1.82) is 0 Å². The lowest BCUT2D eigenvalue weighted by Crippen LogP contribution is -2.00. The van der Waals surface area contributed by atoms with Crippen LogP contribution in [-0.4, -0.2) is 20.2 Å². The molecule has 0 radical (unpaired) electrons. The molecule has 106 valence electrons. The highest BCUT2D eigenvalue weighted by atomic mass is 32.2. The molecule has 3 aromatic rings. The first-order chi connectivity index (χ1) is 10.2. The van der Waals surface area contributed by atoms with Crippen molar-refractivity contribution in [3.63, 3.8) is 0 Å². The van der Waals surface area contributed by atoms with E-state index >= 15 is 0 Å². The first-order valence-electron chi connectivity index (χ1n) is 6.81. The standard InChI is InChI=1S/C16H16N4S/c1-12-8-10-15(11-9-12)20-16(17-18-19-20)21-13(2)14-6-4-3-5-7-14/h3-11,13H,1-2H3. The van der Waals surface area contributed by atoms with Gasteiger partial charge in [0.25, 0.3) is 0 Å². The fraction of sp³-hybridized carbons (Fsp3) is 0.188. The molecule has 0 saturated heterocycles. The minimum atomic E-state index is 0.293. The Hall–Kier alpha value is -2.14. The molecule has 4 nitrogen and oxygen atoms in total. The number of rotatable bonds is 4. The Labute approximate surface area is 128 Å². The van der Waals surface area contributed by atoms with Crippen LogP contribution in [0, 0.1) is 6.92 Å². The van der Waals surface area contributed by atoms with Crippen molar-refractivity contribution in [2.24, 2.45) is 0 Å². The Kier molecular flexibility index (Phi) is 4.01. The number of aryl methyl sites for hydroxylation is 1. The number of tetrazole rings is 1. The highest BCUT2D eigenvalue weighted by molar-refractivity contribution is 7.99. The first kappa shape index (κ1) is 13.8. The molecule has 21 heavy (non-hydrogen) atoms. The topological polar surface area (TPSA) is 43.6 Å². The molecule has 5 heteroatoms. The molecular formula is C16H16N4S. The zero-order valence-corrected chi connectivity index (χ0v) is 12.8. The first-order valence-corrected chi connectivity index (χ1v) is 7.69. The maximum absolute atomic E-state index is 4.15. The van der Waals surface area contributed by atoms with Crippen LogP contribution < -0.4 is 0 Å². The zero-order chi connectivity index (χ0) is 14.7. The summed E-state index contributed by atoms with van der Waals surface area (Å²) in [5.41, 5.74) is 3.47. The molecular weight excluding hydrogens is 280 g/mol. The van der Waals surface area contributed by atoms with Gasteiger partial charge in [-0.2, -0.15) is 4.68 Å². The van der Waals surface area contributed by atoms with E-state index in [-0.39, 0.29) is 0 Å². The fourth-order valence-electron chi connectivity index (χ4n) is 2.05. The molecule has 3 rings (SSSR count). The van der Waals surface area contributed by atoms with Crippen LogP contribution in [0.2, 0.25) is 0 Å². The highest BCUT2D eigenvalue weighted by Crippen LogP contribution is 2.33. The predicted molar refractivity (Wildman–Crippen MR) is 84.6 cm³/mol. The van der Waals surface area contributed by atoms with E-state index in [2.05, 4.69) is 65.8 Å². The van der Waals surface area contributed by atoms with Crippen molar-refractivity contribution in [1.82, 2.24) is 20.2 Å². The second-order valence-electron chi connectivity index (χ2n) is 4.88. The summed E-state index contributed by atoms with van der Waals surface area (Å²) in [7, 11) is 0. The molecule has 0 bridgehead atoms. The number of hydrogen-bond acceptors (Lipinski definition) is 4. The Morgan fingerprint density at radius 1 is 1.00 bits per heavy atom. The third-order valence-electron chi connectivity index (χ3n) is 3.27. The van der Waals surface area contributed by atoms with Crippen LogP contribution in [0.1, 0.15) is 23.3 Å². The summed E-state index contributed by atoms with van der Waals surface area (Å²) in [4.78, 5) is 0. The fourth-order valence-corrected chi connectivity index (χ4v) is 2.99. The van der Waals surface area contributed by atoms with E-state index in [4.69, 9.17) is 0 Å². The monoisotopic (exact) mass is 296 g/mol. The molecule has 0 saturated carbocycles. The zero-order valence-electron chi connectivity index (χ0n) is 12.0. The summed E-state index contributed by atoms with van der Waals surface area (Å²) >= 11 is 1.66. The summed E-state index contributed by atoms with van der Waals surface area (Å²) in [5, 5.41) is 13.1. The Bertz CT molecular complexity index is 707. The quantitative estimate of drug-likeness (QED) is 0.686. The van der Waals surface area contributed by atoms with Crippen molar-refractivity contribution in [2.45, 2.75) is 24.3 Å². The summed E-state index contributed by atoms with van der Waals surface area (Å²) in [6.07, 6.45) is 0. The molecule has 0 N–H and O–H groups in total. The van der Waals surface area contributed by atoms with Crippen LogP contribution in [0.25, 0.3) is 5.69 Å². The van der Waals surface area contributed by atoms with Crippen LogP contribution >= 0.6 is 11.8 Å². The molecule has 1 heterocycles. The summed E-state index contributed by atoms with van der Waals surface area (Å²) in [6.45, 7) is 4.23. The SMILES string of the molecule is Cc1ccc(-n2nnnc2SC(C)c2ccccc2)cc1. The summed E-state index contributed by atoms with van der Waals surface area (Å²) in [5.74, 6) is 0. The van der Waals surface area contributed by atoms with Crippen molar-refractivity contribution in [3.8, 4) is 5.69 Å². The van der Waals surface area contributed by atoms with E-state index in [1.807, 2.05) is 18.2 Å². The maximum Gasteiger partial charge on any atom is 0.214 e. The van der Waals surface area contributed by atoms with Gasteiger partial charge in [-0.3, -0.25) is 0 Å². The Morgan fingerprint density at radius 2 is 1.71 bits per heavy atom. The lowest BCUT2D eigenvalue weighted by Gasteiger charge is -2.11. The molecule has 1 aromatic heterocycles. The lowest BCUT2D eigenvalue weighted by atomic mass is 10.2. The molecule has 0 spiro atoms. The number of hydrogen-bond donors (Lipinski definition) is 0. The van der Waals surface area contributed by atoms with Gasteiger partial charge in [0, 0.05) is 5.25 Å². The van der Waals surface area contributed by atoms with Gasteiger partial charge in [-0.05, 0) is 42.0 Å². The highest BCUT2D eigenvalue weighted by Gasteiger charge is 2.14. The van der Waals surface area contributed by atoms with Gasteiger partial charge in [-0.1, -0.05) is 59.8 Å². The van der Waals surface area contributed by atoms with Gasteiger partial charge in [-0.25, -0.2) is 0 Å². The number of thioether (sulfide) groups is 1. The third kappa shape index (κ3) is 3.13. The van der Waals surface area contributed by atoms with Crippen LogP contribution in [0.4, 0.5) is 0 Å². The Morgan fingerprint density at radius 3 is 2.43 bits per heavy atom. The third-order valence-corrected chi connectivity index (χ3v) is 4.36. The maximum atomic E-state index is 4.15. The number of benzene rings is 2. The van der Waals surface area contributed by atoms with E-state index < -0.39 is 0 Å². The summed E-state index contributed by atoms with van der Waals surface area (Å²) in [6, 6.07) is 18.6.